The number of carbonyl (C=O) groups excluding carboxylic acids is 1. The fourth-order valence-corrected chi connectivity index (χ4v) is 4.24. The molecule has 3 rings (SSSR count). The zero-order valence-corrected chi connectivity index (χ0v) is 17.1. The second-order valence-corrected chi connectivity index (χ2v) is 8.85. The number of benzene rings is 3. The number of fused-ring (bicyclic) bond motifs is 1. The van der Waals surface area contributed by atoms with Crippen LogP contribution in [0.4, 0.5) is 5.69 Å². The van der Waals surface area contributed by atoms with Gasteiger partial charge in [-0.2, -0.15) is 0 Å². The molecule has 3 aromatic carbocycles. The molecule has 0 saturated heterocycles. The van der Waals surface area contributed by atoms with Gasteiger partial charge >= 0.3 is 0 Å². The molecule has 3 aromatic rings. The van der Waals surface area contributed by atoms with Crippen molar-refractivity contribution in [2.24, 2.45) is 0 Å². The minimum Gasteiger partial charge on any atom is -0.326 e. The molecule has 1 amide bonds. The van der Waals surface area contributed by atoms with Gasteiger partial charge in [0.1, 0.15) is 0 Å². The summed E-state index contributed by atoms with van der Waals surface area (Å²) in [5, 5.41) is 4.62. The van der Waals surface area contributed by atoms with Gasteiger partial charge in [0.15, 0.2) is 0 Å². The quantitative estimate of drug-likeness (QED) is 0.594. The van der Waals surface area contributed by atoms with Gasteiger partial charge in [0, 0.05) is 23.1 Å². The molecule has 0 atom stereocenters. The number of hydrogen-bond acceptors (Lipinski definition) is 3. The van der Waals surface area contributed by atoms with Crippen LogP contribution in [0.5, 0.6) is 0 Å². The maximum absolute atomic E-state index is 12.5. The molecule has 0 heterocycles. The van der Waals surface area contributed by atoms with E-state index in [0.29, 0.717) is 5.69 Å². The summed E-state index contributed by atoms with van der Waals surface area (Å²) in [7, 11) is -3.67. The van der Waals surface area contributed by atoms with Crippen molar-refractivity contribution in [3.8, 4) is 0 Å². The molecular formula is C20H19BrN2O3S. The third kappa shape index (κ3) is 4.94. The molecular weight excluding hydrogens is 428 g/mol. The first-order valence-corrected chi connectivity index (χ1v) is 10.7. The van der Waals surface area contributed by atoms with Crippen molar-refractivity contribution < 1.29 is 13.2 Å². The highest BCUT2D eigenvalue weighted by Gasteiger charge is 2.15. The van der Waals surface area contributed by atoms with Gasteiger partial charge in [-0.3, -0.25) is 4.79 Å². The molecule has 0 aliphatic carbocycles. The minimum absolute atomic E-state index is 0.0244. The van der Waals surface area contributed by atoms with Gasteiger partial charge in [-0.05, 0) is 53.6 Å². The first-order chi connectivity index (χ1) is 12.8. The molecule has 0 radical (unpaired) electrons. The Morgan fingerprint density at radius 3 is 2.48 bits per heavy atom. The SMILES string of the molecule is Cc1cc(Br)ccc1NC(=O)CCNS(=O)(=O)c1ccc2ccccc2c1. The Morgan fingerprint density at radius 2 is 1.74 bits per heavy atom. The molecule has 0 unspecified atom stereocenters. The molecule has 0 aliphatic rings. The van der Waals surface area contributed by atoms with Gasteiger partial charge in [-0.25, -0.2) is 13.1 Å². The number of nitrogens with one attached hydrogen (secondary N) is 2. The molecule has 0 fully saturated rings. The first-order valence-electron chi connectivity index (χ1n) is 8.40. The van der Waals surface area contributed by atoms with Crippen molar-refractivity contribution in [1.82, 2.24) is 4.72 Å². The Kier molecular flexibility index (Phi) is 5.94. The summed E-state index contributed by atoms with van der Waals surface area (Å²) in [4.78, 5) is 12.3. The van der Waals surface area contributed by atoms with E-state index in [1.807, 2.05) is 43.3 Å². The number of rotatable bonds is 6. The lowest BCUT2D eigenvalue weighted by molar-refractivity contribution is -0.116. The third-order valence-electron chi connectivity index (χ3n) is 4.14. The number of anilines is 1. The van der Waals surface area contributed by atoms with Gasteiger partial charge in [0.2, 0.25) is 15.9 Å². The topological polar surface area (TPSA) is 75.3 Å². The van der Waals surface area contributed by atoms with Crippen molar-refractivity contribution in [3.05, 3.63) is 70.7 Å². The minimum atomic E-state index is -3.67. The van der Waals surface area contributed by atoms with Crippen LogP contribution in [0.3, 0.4) is 0 Å². The lowest BCUT2D eigenvalue weighted by Crippen LogP contribution is -2.28. The van der Waals surface area contributed by atoms with Gasteiger partial charge in [0.05, 0.1) is 4.90 Å². The molecule has 140 valence electrons. The second-order valence-electron chi connectivity index (χ2n) is 6.16. The Hall–Kier alpha value is -2.22. The molecule has 0 saturated carbocycles. The number of hydrogen-bond donors (Lipinski definition) is 2. The van der Waals surface area contributed by atoms with Gasteiger partial charge < -0.3 is 5.32 Å². The maximum atomic E-state index is 12.5. The van der Waals surface area contributed by atoms with Crippen LogP contribution in [-0.2, 0) is 14.8 Å². The van der Waals surface area contributed by atoms with E-state index in [1.54, 1.807) is 24.3 Å². The summed E-state index contributed by atoms with van der Waals surface area (Å²) >= 11 is 3.37. The van der Waals surface area contributed by atoms with Crippen LogP contribution in [0.1, 0.15) is 12.0 Å². The summed E-state index contributed by atoms with van der Waals surface area (Å²) in [6.07, 6.45) is 0.0440. The molecule has 2 N–H and O–H groups in total. The Morgan fingerprint density at radius 1 is 1.00 bits per heavy atom. The lowest BCUT2D eigenvalue weighted by atomic mass is 10.1. The Bertz CT molecular complexity index is 1100. The molecule has 27 heavy (non-hydrogen) atoms. The zero-order valence-electron chi connectivity index (χ0n) is 14.7. The molecule has 0 bridgehead atoms. The second kappa shape index (κ2) is 8.21. The highest BCUT2D eigenvalue weighted by atomic mass is 79.9. The Balaban J connectivity index is 1.60. The smallest absolute Gasteiger partial charge is 0.240 e. The normalized spacial score (nSPS) is 11.5. The third-order valence-corrected chi connectivity index (χ3v) is 6.09. The lowest BCUT2D eigenvalue weighted by Gasteiger charge is -2.10. The zero-order chi connectivity index (χ0) is 19.4. The van der Waals surface area contributed by atoms with Crippen LogP contribution in [0.2, 0.25) is 0 Å². The van der Waals surface area contributed by atoms with Crippen LogP contribution in [-0.4, -0.2) is 20.9 Å². The monoisotopic (exact) mass is 446 g/mol. The number of sulfonamides is 1. The van der Waals surface area contributed by atoms with E-state index in [0.717, 1.165) is 20.8 Å². The summed E-state index contributed by atoms with van der Waals surface area (Å²) in [5.74, 6) is -0.248. The largest absolute Gasteiger partial charge is 0.326 e. The summed E-state index contributed by atoms with van der Waals surface area (Å²) < 4.78 is 28.3. The van der Waals surface area contributed by atoms with Crippen LogP contribution in [0.25, 0.3) is 10.8 Å². The number of aryl methyl sites for hydroxylation is 1. The van der Waals surface area contributed by atoms with E-state index in [9.17, 15) is 13.2 Å². The molecule has 0 aromatic heterocycles. The fourth-order valence-electron chi connectivity index (χ4n) is 2.70. The standard InChI is InChI=1S/C20H19BrN2O3S/c1-14-12-17(21)7-9-19(14)23-20(24)10-11-22-27(25,26)18-8-6-15-4-2-3-5-16(15)13-18/h2-9,12-13,22H,10-11H2,1H3,(H,23,24). The molecule has 0 spiro atoms. The average molecular weight is 447 g/mol. The van der Waals surface area contributed by atoms with E-state index in [2.05, 4.69) is 26.0 Å². The summed E-state index contributed by atoms with van der Waals surface area (Å²) in [5.41, 5.74) is 1.63. The van der Waals surface area contributed by atoms with Crippen LogP contribution in [0.15, 0.2) is 70.0 Å². The number of halogens is 1. The van der Waals surface area contributed by atoms with E-state index in [4.69, 9.17) is 0 Å². The average Bonchev–Trinajstić information content (AvgIpc) is 2.63. The van der Waals surface area contributed by atoms with Gasteiger partial charge in [-0.1, -0.05) is 46.3 Å². The highest BCUT2D eigenvalue weighted by Crippen LogP contribution is 2.20. The predicted octanol–water partition coefficient (Wildman–Crippen LogP) is 4.22. The van der Waals surface area contributed by atoms with E-state index in [-0.39, 0.29) is 23.8 Å². The van der Waals surface area contributed by atoms with Crippen LogP contribution < -0.4 is 10.0 Å². The van der Waals surface area contributed by atoms with Crippen molar-refractivity contribution in [3.63, 3.8) is 0 Å². The fraction of sp³-hybridized carbons (Fsp3) is 0.150. The predicted molar refractivity (Wildman–Crippen MR) is 111 cm³/mol. The van der Waals surface area contributed by atoms with E-state index < -0.39 is 10.0 Å². The van der Waals surface area contributed by atoms with Crippen LogP contribution >= 0.6 is 15.9 Å². The highest BCUT2D eigenvalue weighted by molar-refractivity contribution is 9.10. The van der Waals surface area contributed by atoms with Crippen LogP contribution in [0, 0.1) is 6.92 Å². The van der Waals surface area contributed by atoms with Crippen molar-refractivity contribution >= 4 is 48.3 Å². The summed E-state index contributed by atoms with van der Waals surface area (Å²) in [6.45, 7) is 1.92. The first kappa shape index (κ1) is 19.5. The van der Waals surface area contributed by atoms with Gasteiger partial charge in [-0.15, -0.1) is 0 Å². The Labute approximate surface area is 167 Å². The molecule has 7 heteroatoms. The summed E-state index contributed by atoms with van der Waals surface area (Å²) in [6, 6.07) is 18.1. The maximum Gasteiger partial charge on any atom is 0.240 e. The molecule has 5 nitrogen and oxygen atoms in total. The molecule has 0 aliphatic heterocycles. The van der Waals surface area contributed by atoms with Crippen molar-refractivity contribution in [1.29, 1.82) is 0 Å². The number of carbonyl (C=O) groups is 1. The van der Waals surface area contributed by atoms with Crippen molar-refractivity contribution in [2.45, 2.75) is 18.2 Å². The van der Waals surface area contributed by atoms with E-state index >= 15 is 0 Å². The van der Waals surface area contributed by atoms with Gasteiger partial charge in [0.25, 0.3) is 0 Å². The van der Waals surface area contributed by atoms with Crippen molar-refractivity contribution in [2.75, 3.05) is 11.9 Å². The van der Waals surface area contributed by atoms with E-state index in [1.165, 1.54) is 0 Å². The number of amides is 1.